The first-order chi connectivity index (χ1) is 6.16. The number of rotatable bonds is 1. The first-order valence-corrected chi connectivity index (χ1v) is 4.74. The number of hydrogen-bond donors (Lipinski definition) is 0. The molecule has 4 atom stereocenters. The fraction of sp³-hybridized carbons (Fsp3) is 1.00. The van der Waals surface area contributed by atoms with Gasteiger partial charge in [0.05, 0.1) is 13.2 Å². The number of hydrogen-bond acceptors (Lipinski definition) is 4. The maximum absolute atomic E-state index is 5.76. The van der Waals surface area contributed by atoms with Crippen LogP contribution in [0.1, 0.15) is 13.8 Å². The molecule has 4 unspecified atom stereocenters. The van der Waals surface area contributed by atoms with Crippen molar-refractivity contribution in [1.29, 1.82) is 0 Å². The van der Waals surface area contributed by atoms with Crippen molar-refractivity contribution in [3.8, 4) is 0 Å². The highest BCUT2D eigenvalue weighted by Crippen LogP contribution is 2.38. The van der Waals surface area contributed by atoms with Gasteiger partial charge in [-0.05, 0) is 13.8 Å². The van der Waals surface area contributed by atoms with Crippen molar-refractivity contribution >= 4 is 0 Å². The van der Waals surface area contributed by atoms with E-state index in [2.05, 4.69) is 0 Å². The molecular weight excluding hydrogens is 172 g/mol. The summed E-state index contributed by atoms with van der Waals surface area (Å²) in [6, 6.07) is 0. The zero-order valence-corrected chi connectivity index (χ0v) is 7.86. The predicted molar refractivity (Wildman–Crippen MR) is 43.3 cm³/mol. The van der Waals surface area contributed by atoms with Gasteiger partial charge < -0.3 is 18.9 Å². The molecule has 74 valence electrons. The van der Waals surface area contributed by atoms with E-state index in [1.54, 1.807) is 0 Å². The molecule has 0 bridgehead atoms. The molecule has 0 aromatic carbocycles. The van der Waals surface area contributed by atoms with Gasteiger partial charge in [-0.3, -0.25) is 0 Å². The standard InChI is InChI=1S/C9H14O4/c1-9(2)12-6-4-11-7(5-3-10-5)8(6)13-9/h5-8H,3-4H2,1-2H3. The van der Waals surface area contributed by atoms with Crippen LogP contribution in [0, 0.1) is 0 Å². The zero-order valence-electron chi connectivity index (χ0n) is 7.86. The maximum atomic E-state index is 5.76. The van der Waals surface area contributed by atoms with Crippen molar-refractivity contribution in [3.05, 3.63) is 0 Å². The van der Waals surface area contributed by atoms with Crippen molar-refractivity contribution in [1.82, 2.24) is 0 Å². The lowest BCUT2D eigenvalue weighted by atomic mass is 10.1. The van der Waals surface area contributed by atoms with Crippen LogP contribution in [-0.2, 0) is 18.9 Å². The molecule has 0 saturated carbocycles. The van der Waals surface area contributed by atoms with E-state index in [1.807, 2.05) is 13.8 Å². The van der Waals surface area contributed by atoms with E-state index in [1.165, 1.54) is 0 Å². The quantitative estimate of drug-likeness (QED) is 0.552. The minimum atomic E-state index is -0.452. The van der Waals surface area contributed by atoms with Gasteiger partial charge in [-0.15, -0.1) is 0 Å². The van der Waals surface area contributed by atoms with Gasteiger partial charge in [-0.1, -0.05) is 0 Å². The Morgan fingerprint density at radius 3 is 2.38 bits per heavy atom. The van der Waals surface area contributed by atoms with Crippen molar-refractivity contribution < 1.29 is 18.9 Å². The van der Waals surface area contributed by atoms with Gasteiger partial charge >= 0.3 is 0 Å². The van der Waals surface area contributed by atoms with Gasteiger partial charge in [-0.25, -0.2) is 0 Å². The van der Waals surface area contributed by atoms with Crippen molar-refractivity contribution in [2.45, 2.75) is 44.1 Å². The van der Waals surface area contributed by atoms with Crippen LogP contribution in [0.5, 0.6) is 0 Å². The fourth-order valence-electron chi connectivity index (χ4n) is 2.14. The summed E-state index contributed by atoms with van der Waals surface area (Å²) < 4.78 is 22.2. The monoisotopic (exact) mass is 186 g/mol. The summed E-state index contributed by atoms with van der Waals surface area (Å²) in [5.41, 5.74) is 0. The normalized spacial score (nSPS) is 52.2. The minimum absolute atomic E-state index is 0.0718. The van der Waals surface area contributed by atoms with Gasteiger partial charge in [0.1, 0.15) is 24.4 Å². The number of fused-ring (bicyclic) bond motifs is 1. The molecule has 0 amide bonds. The minimum Gasteiger partial charge on any atom is -0.370 e. The van der Waals surface area contributed by atoms with E-state index < -0.39 is 5.79 Å². The molecule has 3 rings (SSSR count). The molecule has 4 nitrogen and oxygen atoms in total. The number of epoxide rings is 1. The van der Waals surface area contributed by atoms with E-state index in [9.17, 15) is 0 Å². The first kappa shape index (κ1) is 8.17. The largest absolute Gasteiger partial charge is 0.370 e. The molecule has 3 heterocycles. The molecular formula is C9H14O4. The Morgan fingerprint density at radius 2 is 1.69 bits per heavy atom. The third-order valence-corrected chi connectivity index (χ3v) is 2.72. The lowest BCUT2D eigenvalue weighted by molar-refractivity contribution is -0.176. The second kappa shape index (κ2) is 2.45. The van der Waals surface area contributed by atoms with Crippen LogP contribution >= 0.6 is 0 Å². The lowest BCUT2D eigenvalue weighted by Crippen LogP contribution is -2.33. The first-order valence-electron chi connectivity index (χ1n) is 4.74. The molecule has 3 aliphatic heterocycles. The maximum Gasteiger partial charge on any atom is 0.164 e. The average Bonchev–Trinajstić information content (AvgIpc) is 2.72. The summed E-state index contributed by atoms with van der Waals surface area (Å²) in [6.45, 7) is 5.32. The van der Waals surface area contributed by atoms with Gasteiger partial charge in [-0.2, -0.15) is 0 Å². The van der Waals surface area contributed by atoms with Crippen LogP contribution in [0.4, 0.5) is 0 Å². The Hall–Kier alpha value is -0.160. The second-order valence-corrected chi connectivity index (χ2v) is 4.31. The summed E-state index contributed by atoms with van der Waals surface area (Å²) >= 11 is 0. The molecule has 0 N–H and O–H groups in total. The van der Waals surface area contributed by atoms with Crippen LogP contribution in [0.3, 0.4) is 0 Å². The fourth-order valence-corrected chi connectivity index (χ4v) is 2.14. The van der Waals surface area contributed by atoms with Crippen molar-refractivity contribution in [2.75, 3.05) is 13.2 Å². The van der Waals surface area contributed by atoms with E-state index in [4.69, 9.17) is 18.9 Å². The molecule has 0 aliphatic carbocycles. The van der Waals surface area contributed by atoms with Gasteiger partial charge in [0, 0.05) is 0 Å². The topological polar surface area (TPSA) is 40.2 Å². The van der Waals surface area contributed by atoms with E-state index in [0.29, 0.717) is 6.61 Å². The highest BCUT2D eigenvalue weighted by atomic mass is 16.8. The molecule has 0 aromatic rings. The molecule has 3 aliphatic rings. The van der Waals surface area contributed by atoms with E-state index in [-0.39, 0.29) is 24.4 Å². The average molecular weight is 186 g/mol. The molecule has 3 saturated heterocycles. The second-order valence-electron chi connectivity index (χ2n) is 4.31. The Kier molecular flexibility index (Phi) is 1.54. The summed E-state index contributed by atoms with van der Waals surface area (Å²) in [7, 11) is 0. The Labute approximate surface area is 77.1 Å². The SMILES string of the molecule is CC1(C)OC2COC(C3CO3)C2O1. The van der Waals surface area contributed by atoms with Crippen LogP contribution in [0.15, 0.2) is 0 Å². The Bertz CT molecular complexity index is 224. The van der Waals surface area contributed by atoms with Crippen LogP contribution in [-0.4, -0.2) is 43.4 Å². The van der Waals surface area contributed by atoms with Crippen LogP contribution in [0.25, 0.3) is 0 Å². The molecule has 4 heteroatoms. The molecule has 13 heavy (non-hydrogen) atoms. The lowest BCUT2D eigenvalue weighted by Gasteiger charge is -2.20. The van der Waals surface area contributed by atoms with Crippen LogP contribution in [0.2, 0.25) is 0 Å². The van der Waals surface area contributed by atoms with Crippen molar-refractivity contribution in [3.63, 3.8) is 0 Å². The third-order valence-electron chi connectivity index (χ3n) is 2.72. The highest BCUT2D eigenvalue weighted by molar-refractivity contribution is 4.98. The number of ether oxygens (including phenoxy) is 4. The van der Waals surface area contributed by atoms with Gasteiger partial charge in [0.15, 0.2) is 5.79 Å². The van der Waals surface area contributed by atoms with E-state index in [0.717, 1.165) is 6.61 Å². The zero-order chi connectivity index (χ0) is 9.05. The third kappa shape index (κ3) is 1.29. The van der Waals surface area contributed by atoms with Crippen molar-refractivity contribution in [2.24, 2.45) is 0 Å². The summed E-state index contributed by atoms with van der Waals surface area (Å²) in [5.74, 6) is -0.452. The summed E-state index contributed by atoms with van der Waals surface area (Å²) in [5, 5.41) is 0. The smallest absolute Gasteiger partial charge is 0.164 e. The predicted octanol–water partition coefficient (Wildman–Crippen LogP) is 0.304. The molecule has 0 spiro atoms. The Balaban J connectivity index is 1.76. The van der Waals surface area contributed by atoms with E-state index >= 15 is 0 Å². The Morgan fingerprint density at radius 1 is 0.923 bits per heavy atom. The summed E-state index contributed by atoms with van der Waals surface area (Å²) in [6.07, 6.45) is 0.506. The summed E-state index contributed by atoms with van der Waals surface area (Å²) in [4.78, 5) is 0. The molecule has 3 fully saturated rings. The highest BCUT2D eigenvalue weighted by Gasteiger charge is 2.55. The molecule has 0 radical (unpaired) electrons. The molecule has 0 aromatic heterocycles. The van der Waals surface area contributed by atoms with Gasteiger partial charge in [0.2, 0.25) is 0 Å². The van der Waals surface area contributed by atoms with Crippen LogP contribution < -0.4 is 0 Å². The van der Waals surface area contributed by atoms with Gasteiger partial charge in [0.25, 0.3) is 0 Å².